The lowest BCUT2D eigenvalue weighted by Gasteiger charge is -2.39. The molecule has 1 aliphatic carbocycles. The van der Waals surface area contributed by atoms with Crippen LogP contribution in [0, 0.1) is 5.92 Å². The molecule has 1 heterocycles. The SMILES string of the molecule is CC(C)(C(=O)N1CCN(C(=O)C2CC2c2ccccc2Cl)CC1)c1ccccc1. The minimum atomic E-state index is -0.570. The van der Waals surface area contributed by atoms with Gasteiger partial charge in [0.05, 0.1) is 5.41 Å². The van der Waals surface area contributed by atoms with Gasteiger partial charge in [-0.15, -0.1) is 0 Å². The molecule has 0 radical (unpaired) electrons. The summed E-state index contributed by atoms with van der Waals surface area (Å²) < 4.78 is 0. The molecule has 2 amide bonds. The lowest BCUT2D eigenvalue weighted by molar-refractivity contribution is -0.143. The second-order valence-corrected chi connectivity index (χ2v) is 8.99. The van der Waals surface area contributed by atoms with Gasteiger partial charge in [0.1, 0.15) is 0 Å². The molecule has 4 rings (SSSR count). The van der Waals surface area contributed by atoms with Crippen molar-refractivity contribution in [1.82, 2.24) is 9.80 Å². The third-order valence-electron chi connectivity index (χ3n) is 6.32. The molecule has 2 atom stereocenters. The zero-order valence-electron chi connectivity index (χ0n) is 17.0. The van der Waals surface area contributed by atoms with Crippen molar-refractivity contribution in [2.75, 3.05) is 26.2 Å². The Hall–Kier alpha value is -2.33. The molecule has 0 spiro atoms. The summed E-state index contributed by atoms with van der Waals surface area (Å²) in [6.45, 7) is 6.32. The summed E-state index contributed by atoms with van der Waals surface area (Å²) in [5, 5.41) is 0.742. The minimum Gasteiger partial charge on any atom is -0.339 e. The number of hydrogen-bond donors (Lipinski definition) is 0. The Labute approximate surface area is 177 Å². The quantitative estimate of drug-likeness (QED) is 0.761. The van der Waals surface area contributed by atoms with E-state index in [0.29, 0.717) is 26.2 Å². The van der Waals surface area contributed by atoms with Crippen molar-refractivity contribution < 1.29 is 9.59 Å². The highest BCUT2D eigenvalue weighted by atomic mass is 35.5. The van der Waals surface area contributed by atoms with Crippen LogP contribution in [-0.4, -0.2) is 47.8 Å². The molecule has 29 heavy (non-hydrogen) atoms. The van der Waals surface area contributed by atoms with Crippen LogP contribution in [0.15, 0.2) is 54.6 Å². The monoisotopic (exact) mass is 410 g/mol. The van der Waals surface area contributed by atoms with Crippen molar-refractivity contribution in [3.8, 4) is 0 Å². The van der Waals surface area contributed by atoms with Gasteiger partial charge in [-0.3, -0.25) is 9.59 Å². The number of hydrogen-bond acceptors (Lipinski definition) is 2. The lowest BCUT2D eigenvalue weighted by atomic mass is 9.83. The molecule has 4 nitrogen and oxygen atoms in total. The maximum Gasteiger partial charge on any atom is 0.232 e. The summed E-state index contributed by atoms with van der Waals surface area (Å²) in [7, 11) is 0. The fraction of sp³-hybridized carbons (Fsp3) is 0.417. The third kappa shape index (κ3) is 3.91. The van der Waals surface area contributed by atoms with E-state index < -0.39 is 5.41 Å². The predicted molar refractivity (Wildman–Crippen MR) is 115 cm³/mol. The van der Waals surface area contributed by atoms with Gasteiger partial charge in [0.2, 0.25) is 11.8 Å². The van der Waals surface area contributed by atoms with E-state index in [1.165, 1.54) is 0 Å². The van der Waals surface area contributed by atoms with Gasteiger partial charge in [0.15, 0.2) is 0 Å². The molecule has 2 aliphatic rings. The van der Waals surface area contributed by atoms with Gasteiger partial charge < -0.3 is 9.80 Å². The largest absolute Gasteiger partial charge is 0.339 e. The Morgan fingerprint density at radius 2 is 1.48 bits per heavy atom. The summed E-state index contributed by atoms with van der Waals surface area (Å²) in [5.74, 6) is 0.575. The van der Waals surface area contributed by atoms with E-state index in [1.807, 2.05) is 78.2 Å². The van der Waals surface area contributed by atoms with Crippen molar-refractivity contribution >= 4 is 23.4 Å². The summed E-state index contributed by atoms with van der Waals surface area (Å²) in [6.07, 6.45) is 0.864. The summed E-state index contributed by atoms with van der Waals surface area (Å²) in [5.41, 5.74) is 1.52. The first-order valence-corrected chi connectivity index (χ1v) is 10.7. The summed E-state index contributed by atoms with van der Waals surface area (Å²) in [6, 6.07) is 17.7. The number of piperazine rings is 1. The number of benzene rings is 2. The Morgan fingerprint density at radius 3 is 2.14 bits per heavy atom. The second kappa shape index (κ2) is 7.83. The van der Waals surface area contributed by atoms with E-state index in [2.05, 4.69) is 0 Å². The molecule has 0 aromatic heterocycles. The van der Waals surface area contributed by atoms with E-state index in [1.54, 1.807) is 0 Å². The first kappa shape index (κ1) is 20.0. The van der Waals surface area contributed by atoms with Crippen molar-refractivity contribution in [3.63, 3.8) is 0 Å². The average Bonchev–Trinajstić information content (AvgIpc) is 3.54. The molecular formula is C24H27ClN2O2. The Balaban J connectivity index is 1.35. The first-order chi connectivity index (χ1) is 13.9. The number of carbonyl (C=O) groups excluding carboxylic acids is 2. The molecule has 0 N–H and O–H groups in total. The molecule has 2 aromatic carbocycles. The van der Waals surface area contributed by atoms with Crippen LogP contribution in [0.25, 0.3) is 0 Å². The molecule has 152 valence electrons. The fourth-order valence-electron chi connectivity index (χ4n) is 4.33. The zero-order chi connectivity index (χ0) is 20.6. The molecule has 2 fully saturated rings. The molecule has 0 bridgehead atoms. The summed E-state index contributed by atoms with van der Waals surface area (Å²) in [4.78, 5) is 29.9. The Kier molecular flexibility index (Phi) is 5.39. The van der Waals surface area contributed by atoms with E-state index in [9.17, 15) is 9.59 Å². The van der Waals surface area contributed by atoms with Crippen molar-refractivity contribution in [3.05, 3.63) is 70.7 Å². The van der Waals surface area contributed by atoms with Crippen LogP contribution in [-0.2, 0) is 15.0 Å². The number of carbonyl (C=O) groups is 2. The second-order valence-electron chi connectivity index (χ2n) is 8.58. The van der Waals surface area contributed by atoms with E-state index in [4.69, 9.17) is 11.6 Å². The van der Waals surface area contributed by atoms with Gasteiger partial charge in [-0.05, 0) is 43.4 Å². The van der Waals surface area contributed by atoms with Crippen LogP contribution in [0.4, 0.5) is 0 Å². The number of rotatable bonds is 4. The Morgan fingerprint density at radius 1 is 0.897 bits per heavy atom. The molecule has 1 saturated carbocycles. The highest BCUT2D eigenvalue weighted by Crippen LogP contribution is 2.50. The molecular weight excluding hydrogens is 384 g/mol. The van der Waals surface area contributed by atoms with Crippen LogP contribution in [0.1, 0.15) is 37.3 Å². The van der Waals surface area contributed by atoms with Crippen molar-refractivity contribution in [2.24, 2.45) is 5.92 Å². The van der Waals surface area contributed by atoms with E-state index >= 15 is 0 Å². The molecule has 5 heteroatoms. The molecule has 2 unspecified atom stereocenters. The third-order valence-corrected chi connectivity index (χ3v) is 6.67. The topological polar surface area (TPSA) is 40.6 Å². The summed E-state index contributed by atoms with van der Waals surface area (Å²) >= 11 is 6.29. The number of amides is 2. The van der Waals surface area contributed by atoms with Crippen LogP contribution in [0.2, 0.25) is 5.02 Å². The van der Waals surface area contributed by atoms with Gasteiger partial charge in [0.25, 0.3) is 0 Å². The lowest BCUT2D eigenvalue weighted by Crippen LogP contribution is -2.54. The van der Waals surface area contributed by atoms with E-state index in [0.717, 1.165) is 22.6 Å². The standard InChI is InChI=1S/C24H27ClN2O2/c1-24(2,17-8-4-3-5-9-17)23(29)27-14-12-26(13-15-27)22(28)20-16-19(20)18-10-6-7-11-21(18)25/h3-11,19-20H,12-16H2,1-2H3. The number of halogens is 1. The van der Waals surface area contributed by atoms with Gasteiger partial charge in [-0.2, -0.15) is 0 Å². The van der Waals surface area contributed by atoms with Crippen LogP contribution >= 0.6 is 11.6 Å². The molecule has 1 saturated heterocycles. The maximum atomic E-state index is 13.1. The van der Waals surface area contributed by atoms with Gasteiger partial charge >= 0.3 is 0 Å². The smallest absolute Gasteiger partial charge is 0.232 e. The van der Waals surface area contributed by atoms with Crippen LogP contribution in [0.3, 0.4) is 0 Å². The molecule has 1 aliphatic heterocycles. The van der Waals surface area contributed by atoms with Gasteiger partial charge in [-0.1, -0.05) is 60.1 Å². The highest BCUT2D eigenvalue weighted by Gasteiger charge is 2.47. The first-order valence-electron chi connectivity index (χ1n) is 10.3. The van der Waals surface area contributed by atoms with Crippen LogP contribution < -0.4 is 0 Å². The zero-order valence-corrected chi connectivity index (χ0v) is 17.7. The number of nitrogens with zero attached hydrogens (tertiary/aromatic N) is 2. The van der Waals surface area contributed by atoms with Crippen molar-refractivity contribution in [2.45, 2.75) is 31.6 Å². The molecule has 2 aromatic rings. The maximum absolute atomic E-state index is 13.1. The highest BCUT2D eigenvalue weighted by molar-refractivity contribution is 6.31. The Bertz CT molecular complexity index is 904. The van der Waals surface area contributed by atoms with Crippen LogP contribution in [0.5, 0.6) is 0 Å². The normalized spacial score (nSPS) is 21.8. The fourth-order valence-corrected chi connectivity index (χ4v) is 4.60. The minimum absolute atomic E-state index is 0.0258. The van der Waals surface area contributed by atoms with Gasteiger partial charge in [-0.25, -0.2) is 0 Å². The van der Waals surface area contributed by atoms with Gasteiger partial charge in [0, 0.05) is 37.1 Å². The van der Waals surface area contributed by atoms with Crippen molar-refractivity contribution in [1.29, 1.82) is 0 Å². The van der Waals surface area contributed by atoms with E-state index in [-0.39, 0.29) is 23.7 Å². The average molecular weight is 411 g/mol. The predicted octanol–water partition coefficient (Wildman–Crippen LogP) is 4.09.